The zero-order valence-electron chi connectivity index (χ0n) is 14.0. The number of hydrogen-bond donors (Lipinski definition) is 0. The molecule has 3 aromatic rings. The minimum Gasteiger partial charge on any atom is -0.497 e. The molecule has 0 saturated heterocycles. The topological polar surface area (TPSA) is 101 Å². The van der Waals surface area contributed by atoms with Crippen LogP contribution in [-0.4, -0.2) is 36.6 Å². The molecule has 0 saturated carbocycles. The Morgan fingerprint density at radius 2 is 2.27 bits per heavy atom. The van der Waals surface area contributed by atoms with Crippen LogP contribution in [0.2, 0.25) is 0 Å². The average Bonchev–Trinajstić information content (AvgIpc) is 3.27. The maximum absolute atomic E-state index is 10.7. The van der Waals surface area contributed by atoms with Crippen LogP contribution in [0, 0.1) is 10.1 Å². The molecule has 0 radical (unpaired) electrons. The Bertz CT molecular complexity index is 936. The molecule has 0 fully saturated rings. The average molecular weight is 372 g/mol. The molecule has 2 heterocycles. The van der Waals surface area contributed by atoms with Gasteiger partial charge < -0.3 is 4.74 Å². The van der Waals surface area contributed by atoms with Gasteiger partial charge in [0.1, 0.15) is 18.1 Å². The molecule has 1 aromatic carbocycles. The van der Waals surface area contributed by atoms with E-state index in [1.54, 1.807) is 13.2 Å². The molecule has 0 aliphatic rings. The van der Waals surface area contributed by atoms with Gasteiger partial charge in [0.05, 0.1) is 17.9 Å². The molecule has 0 bridgehead atoms. The van der Waals surface area contributed by atoms with Gasteiger partial charge in [-0.05, 0) is 12.1 Å². The fraction of sp³-hybridized carbons (Fsp3) is 0.188. The minimum atomic E-state index is -0.477. The molecule has 0 aliphatic heterocycles. The lowest BCUT2D eigenvalue weighted by molar-refractivity contribution is -0.385. The SMILES string of the molecule is C=CCn1c(SCn2cc([N+](=O)[O-])cn2)nnc1-c1cccc(OC)c1. The summed E-state index contributed by atoms with van der Waals surface area (Å²) < 4.78 is 8.67. The van der Waals surface area contributed by atoms with E-state index in [4.69, 9.17) is 4.74 Å². The van der Waals surface area contributed by atoms with Crippen LogP contribution in [0.5, 0.6) is 5.75 Å². The minimum absolute atomic E-state index is 0.0461. The second-order valence-corrected chi connectivity index (χ2v) is 6.12. The van der Waals surface area contributed by atoms with Crippen molar-refractivity contribution in [3.8, 4) is 17.1 Å². The number of hydrogen-bond acceptors (Lipinski definition) is 7. The predicted octanol–water partition coefficient (Wildman–Crippen LogP) is 2.99. The number of benzene rings is 1. The fourth-order valence-corrected chi connectivity index (χ4v) is 3.11. The molecule has 9 nitrogen and oxygen atoms in total. The van der Waals surface area contributed by atoms with Crippen LogP contribution >= 0.6 is 11.8 Å². The molecule has 10 heteroatoms. The van der Waals surface area contributed by atoms with Gasteiger partial charge in [0.15, 0.2) is 11.0 Å². The summed E-state index contributed by atoms with van der Waals surface area (Å²) in [5.41, 5.74) is 0.829. The largest absolute Gasteiger partial charge is 0.497 e. The summed E-state index contributed by atoms with van der Waals surface area (Å²) in [5.74, 6) is 1.80. The maximum Gasteiger partial charge on any atom is 0.307 e. The molecular weight excluding hydrogens is 356 g/mol. The van der Waals surface area contributed by atoms with Crippen molar-refractivity contribution in [3.63, 3.8) is 0 Å². The molecular formula is C16H16N6O3S. The van der Waals surface area contributed by atoms with Crippen molar-refractivity contribution in [2.75, 3.05) is 7.11 Å². The Balaban J connectivity index is 1.84. The summed E-state index contributed by atoms with van der Waals surface area (Å²) in [6.07, 6.45) is 4.36. The van der Waals surface area contributed by atoms with Gasteiger partial charge in [-0.3, -0.25) is 19.4 Å². The fourth-order valence-electron chi connectivity index (χ4n) is 2.31. The summed E-state index contributed by atoms with van der Waals surface area (Å²) in [6.45, 7) is 4.31. The Kier molecular flexibility index (Phi) is 5.32. The first-order chi connectivity index (χ1) is 12.6. The number of nitro groups is 1. The molecule has 0 atom stereocenters. The van der Waals surface area contributed by atoms with Crippen molar-refractivity contribution in [3.05, 3.63) is 59.4 Å². The van der Waals surface area contributed by atoms with Crippen LogP contribution in [0.3, 0.4) is 0 Å². The smallest absolute Gasteiger partial charge is 0.307 e. The first-order valence-corrected chi connectivity index (χ1v) is 8.59. The molecule has 26 heavy (non-hydrogen) atoms. The van der Waals surface area contributed by atoms with E-state index in [-0.39, 0.29) is 5.69 Å². The normalized spacial score (nSPS) is 10.7. The Labute approximate surface area is 153 Å². The van der Waals surface area contributed by atoms with Gasteiger partial charge in [-0.25, -0.2) is 0 Å². The van der Waals surface area contributed by atoms with Crippen LogP contribution < -0.4 is 4.74 Å². The highest BCUT2D eigenvalue weighted by Crippen LogP contribution is 2.27. The lowest BCUT2D eigenvalue weighted by Crippen LogP contribution is -2.02. The lowest BCUT2D eigenvalue weighted by Gasteiger charge is -2.08. The standard InChI is InChI=1S/C16H16N6O3S/c1-3-7-21-15(12-5-4-6-14(8-12)25-2)18-19-16(21)26-11-20-10-13(9-17-20)22(23)24/h3-6,8-10H,1,7,11H2,2H3. The zero-order valence-corrected chi connectivity index (χ0v) is 14.8. The monoisotopic (exact) mass is 372 g/mol. The predicted molar refractivity (Wildman–Crippen MR) is 96.9 cm³/mol. The first kappa shape index (κ1) is 17.7. The second-order valence-electron chi connectivity index (χ2n) is 5.21. The van der Waals surface area contributed by atoms with E-state index in [2.05, 4.69) is 21.9 Å². The third kappa shape index (κ3) is 3.75. The number of allylic oxidation sites excluding steroid dienone is 1. The number of aromatic nitrogens is 5. The highest BCUT2D eigenvalue weighted by Gasteiger charge is 2.15. The van der Waals surface area contributed by atoms with E-state index in [1.807, 2.05) is 28.8 Å². The van der Waals surface area contributed by atoms with E-state index < -0.39 is 4.92 Å². The van der Waals surface area contributed by atoms with Crippen LogP contribution in [0.1, 0.15) is 0 Å². The molecule has 0 N–H and O–H groups in total. The van der Waals surface area contributed by atoms with Crippen LogP contribution in [0.4, 0.5) is 5.69 Å². The van der Waals surface area contributed by atoms with Crippen molar-refractivity contribution in [1.82, 2.24) is 24.5 Å². The quantitative estimate of drug-likeness (QED) is 0.259. The van der Waals surface area contributed by atoms with E-state index in [0.717, 1.165) is 11.3 Å². The van der Waals surface area contributed by atoms with Gasteiger partial charge >= 0.3 is 5.69 Å². The van der Waals surface area contributed by atoms with Crippen molar-refractivity contribution >= 4 is 17.4 Å². The maximum atomic E-state index is 10.7. The van der Waals surface area contributed by atoms with E-state index in [1.165, 1.54) is 28.8 Å². The summed E-state index contributed by atoms with van der Waals surface area (Å²) >= 11 is 1.38. The van der Waals surface area contributed by atoms with E-state index in [9.17, 15) is 10.1 Å². The van der Waals surface area contributed by atoms with Crippen LogP contribution in [0.15, 0.2) is 54.5 Å². The van der Waals surface area contributed by atoms with Crippen molar-refractivity contribution < 1.29 is 9.66 Å². The Morgan fingerprint density at radius 3 is 2.96 bits per heavy atom. The first-order valence-electron chi connectivity index (χ1n) is 7.60. The van der Waals surface area contributed by atoms with Gasteiger partial charge in [-0.2, -0.15) is 5.10 Å². The van der Waals surface area contributed by atoms with E-state index in [0.29, 0.717) is 23.4 Å². The van der Waals surface area contributed by atoms with Crippen molar-refractivity contribution in [2.45, 2.75) is 17.6 Å². The molecule has 3 rings (SSSR count). The summed E-state index contributed by atoms with van der Waals surface area (Å²) in [5, 5.41) is 23.9. The molecule has 2 aromatic heterocycles. The van der Waals surface area contributed by atoms with Gasteiger partial charge in [0, 0.05) is 12.1 Å². The van der Waals surface area contributed by atoms with Gasteiger partial charge in [-0.15, -0.1) is 16.8 Å². The highest BCUT2D eigenvalue weighted by atomic mass is 32.2. The number of thioether (sulfide) groups is 1. The third-order valence-corrected chi connectivity index (χ3v) is 4.47. The molecule has 0 aliphatic carbocycles. The summed E-state index contributed by atoms with van der Waals surface area (Å²) in [6, 6.07) is 7.56. The molecule has 0 spiro atoms. The highest BCUT2D eigenvalue weighted by molar-refractivity contribution is 7.98. The number of nitrogens with zero attached hydrogens (tertiary/aromatic N) is 6. The van der Waals surface area contributed by atoms with Gasteiger partial charge in [-0.1, -0.05) is 30.0 Å². The van der Waals surface area contributed by atoms with Gasteiger partial charge in [0.25, 0.3) is 0 Å². The van der Waals surface area contributed by atoms with Crippen LogP contribution in [0.25, 0.3) is 11.4 Å². The molecule has 0 unspecified atom stereocenters. The Morgan fingerprint density at radius 1 is 1.42 bits per heavy atom. The lowest BCUT2D eigenvalue weighted by atomic mass is 10.2. The number of methoxy groups -OCH3 is 1. The number of rotatable bonds is 8. The summed E-state index contributed by atoms with van der Waals surface area (Å²) in [7, 11) is 1.61. The van der Waals surface area contributed by atoms with Crippen molar-refractivity contribution in [1.29, 1.82) is 0 Å². The third-order valence-electron chi connectivity index (χ3n) is 3.51. The van der Waals surface area contributed by atoms with Crippen molar-refractivity contribution in [2.24, 2.45) is 0 Å². The Hall–Kier alpha value is -3.14. The summed E-state index contributed by atoms with van der Waals surface area (Å²) in [4.78, 5) is 10.3. The second kappa shape index (κ2) is 7.83. The van der Waals surface area contributed by atoms with Gasteiger partial charge in [0.2, 0.25) is 0 Å². The number of ether oxygens (including phenoxy) is 1. The molecule has 0 amide bonds. The van der Waals surface area contributed by atoms with E-state index >= 15 is 0 Å². The zero-order chi connectivity index (χ0) is 18.5. The van der Waals surface area contributed by atoms with Crippen LogP contribution in [-0.2, 0) is 12.4 Å². The molecule has 134 valence electrons.